The molecule has 1 saturated heterocycles. The molecule has 118 valence electrons. The van der Waals surface area contributed by atoms with Gasteiger partial charge in [0.15, 0.2) is 0 Å². The van der Waals surface area contributed by atoms with Crippen LogP contribution in [-0.2, 0) is 21.2 Å². The Morgan fingerprint density at radius 1 is 1.14 bits per heavy atom. The summed E-state index contributed by atoms with van der Waals surface area (Å²) in [5, 5.41) is 2.46. The molecule has 2 aromatic rings. The lowest BCUT2D eigenvalue weighted by Gasteiger charge is -2.38. The van der Waals surface area contributed by atoms with Gasteiger partial charge in [0.2, 0.25) is 0 Å². The first kappa shape index (κ1) is 15.5. The molecule has 5 heteroatoms. The highest BCUT2D eigenvalue weighted by Crippen LogP contribution is 2.21. The van der Waals surface area contributed by atoms with Crippen LogP contribution in [0.15, 0.2) is 42.5 Å². The van der Waals surface area contributed by atoms with Crippen LogP contribution in [0.1, 0.15) is 5.56 Å². The predicted molar refractivity (Wildman–Crippen MR) is 88.7 cm³/mol. The van der Waals surface area contributed by atoms with Gasteiger partial charge in [-0.25, -0.2) is 8.42 Å². The molecule has 0 bridgehead atoms. The van der Waals surface area contributed by atoms with Crippen LogP contribution < -0.4 is 0 Å². The average molecular weight is 319 g/mol. The molecule has 0 aliphatic carbocycles. The molecule has 0 amide bonds. The summed E-state index contributed by atoms with van der Waals surface area (Å²) in [5.41, 5.74) is 1.20. The fourth-order valence-electron chi connectivity index (χ4n) is 2.73. The molecule has 0 unspecified atom stereocenters. The maximum Gasteiger partial charge on any atom is 0.148 e. The summed E-state index contributed by atoms with van der Waals surface area (Å²) in [6.07, 6.45) is 1.49. The Balaban J connectivity index is 1.50. The van der Waals surface area contributed by atoms with Crippen LogP contribution in [0.5, 0.6) is 0 Å². The van der Waals surface area contributed by atoms with Gasteiger partial charge >= 0.3 is 0 Å². The summed E-state index contributed by atoms with van der Waals surface area (Å²) in [5.74, 6) is 0.225. The Hall–Kier alpha value is -1.43. The molecule has 0 spiro atoms. The smallest absolute Gasteiger partial charge is 0.148 e. The Kier molecular flexibility index (Phi) is 4.47. The van der Waals surface area contributed by atoms with Crippen LogP contribution in [0.25, 0.3) is 10.8 Å². The molecule has 1 aliphatic rings. The molecule has 0 radical (unpaired) electrons. The monoisotopic (exact) mass is 319 g/mol. The van der Waals surface area contributed by atoms with E-state index in [-0.39, 0.29) is 11.9 Å². The normalized spacial score (nSPS) is 16.8. The van der Waals surface area contributed by atoms with Crippen molar-refractivity contribution in [1.82, 2.24) is 4.90 Å². The minimum atomic E-state index is -2.87. The minimum absolute atomic E-state index is 0.207. The van der Waals surface area contributed by atoms with Gasteiger partial charge in [-0.2, -0.15) is 0 Å². The molecule has 3 rings (SSSR count). The second-order valence-corrected chi connectivity index (χ2v) is 8.22. The van der Waals surface area contributed by atoms with Crippen LogP contribution >= 0.6 is 0 Å². The fourth-order valence-corrected chi connectivity index (χ4v) is 3.32. The fraction of sp³-hybridized carbons (Fsp3) is 0.412. The first-order valence-electron chi connectivity index (χ1n) is 7.49. The number of fused-ring (bicyclic) bond motifs is 1. The van der Waals surface area contributed by atoms with Gasteiger partial charge in [0.1, 0.15) is 9.84 Å². The Labute approximate surface area is 131 Å². The van der Waals surface area contributed by atoms with Crippen molar-refractivity contribution >= 4 is 20.6 Å². The largest absolute Gasteiger partial charge is 0.371 e. The van der Waals surface area contributed by atoms with Crippen molar-refractivity contribution < 1.29 is 13.2 Å². The van der Waals surface area contributed by atoms with Crippen molar-refractivity contribution in [1.29, 1.82) is 0 Å². The summed E-state index contributed by atoms with van der Waals surface area (Å²) in [7, 11) is -2.87. The van der Waals surface area contributed by atoms with E-state index in [1.165, 1.54) is 22.6 Å². The SMILES string of the molecule is CS(=O)(=O)CCN1CC(OCc2cccc3ccccc23)C1. The highest BCUT2D eigenvalue weighted by molar-refractivity contribution is 7.90. The molecule has 1 aliphatic heterocycles. The number of ether oxygens (including phenoxy) is 1. The molecule has 22 heavy (non-hydrogen) atoms. The van der Waals surface area contributed by atoms with E-state index in [1.54, 1.807) is 0 Å². The van der Waals surface area contributed by atoms with Crippen molar-refractivity contribution in [3.63, 3.8) is 0 Å². The molecule has 0 saturated carbocycles. The zero-order chi connectivity index (χ0) is 15.6. The van der Waals surface area contributed by atoms with Crippen molar-refractivity contribution in [2.45, 2.75) is 12.7 Å². The van der Waals surface area contributed by atoms with E-state index in [0.29, 0.717) is 13.2 Å². The molecule has 0 aromatic heterocycles. The molecule has 0 N–H and O–H groups in total. The van der Waals surface area contributed by atoms with Gasteiger partial charge in [-0.05, 0) is 16.3 Å². The third kappa shape index (κ3) is 3.85. The number of benzene rings is 2. The number of hydrogen-bond donors (Lipinski definition) is 0. The number of nitrogens with zero attached hydrogens (tertiary/aromatic N) is 1. The van der Waals surface area contributed by atoms with E-state index < -0.39 is 9.84 Å². The lowest BCUT2D eigenvalue weighted by atomic mass is 10.1. The standard InChI is InChI=1S/C17H21NO3S/c1-22(19,20)10-9-18-11-16(12-18)21-13-15-7-4-6-14-5-2-3-8-17(14)15/h2-8,16H,9-13H2,1H3. The molecule has 0 atom stereocenters. The van der Waals surface area contributed by atoms with Crippen molar-refractivity contribution in [3.05, 3.63) is 48.0 Å². The third-order valence-electron chi connectivity index (χ3n) is 4.06. The van der Waals surface area contributed by atoms with E-state index in [1.807, 2.05) is 12.1 Å². The van der Waals surface area contributed by atoms with Gasteiger partial charge in [-0.15, -0.1) is 0 Å². The average Bonchev–Trinajstić information content (AvgIpc) is 2.44. The Morgan fingerprint density at radius 2 is 1.86 bits per heavy atom. The second-order valence-electron chi connectivity index (χ2n) is 5.96. The molecular formula is C17H21NO3S. The maximum atomic E-state index is 11.1. The van der Waals surface area contributed by atoms with Crippen LogP contribution in [0.3, 0.4) is 0 Å². The van der Waals surface area contributed by atoms with E-state index in [2.05, 4.69) is 35.2 Å². The van der Waals surface area contributed by atoms with Crippen LogP contribution in [0.4, 0.5) is 0 Å². The topological polar surface area (TPSA) is 46.6 Å². The van der Waals surface area contributed by atoms with Gasteiger partial charge in [-0.3, -0.25) is 4.90 Å². The summed E-state index contributed by atoms with van der Waals surface area (Å²) >= 11 is 0. The van der Waals surface area contributed by atoms with E-state index in [0.717, 1.165) is 13.1 Å². The highest BCUT2D eigenvalue weighted by Gasteiger charge is 2.27. The van der Waals surface area contributed by atoms with Gasteiger partial charge in [0.05, 0.1) is 18.5 Å². The number of likely N-dealkylation sites (tertiary alicyclic amines) is 1. The minimum Gasteiger partial charge on any atom is -0.371 e. The first-order valence-corrected chi connectivity index (χ1v) is 9.56. The van der Waals surface area contributed by atoms with E-state index in [9.17, 15) is 8.42 Å². The summed E-state index contributed by atoms with van der Waals surface area (Å²) in [6, 6.07) is 14.6. The first-order chi connectivity index (χ1) is 10.5. The lowest BCUT2D eigenvalue weighted by Crippen LogP contribution is -2.53. The predicted octanol–water partition coefficient (Wildman–Crippen LogP) is 2.09. The van der Waals surface area contributed by atoms with E-state index >= 15 is 0 Å². The zero-order valence-electron chi connectivity index (χ0n) is 12.7. The number of sulfone groups is 1. The van der Waals surface area contributed by atoms with Gasteiger partial charge in [-0.1, -0.05) is 42.5 Å². The zero-order valence-corrected chi connectivity index (χ0v) is 13.6. The quantitative estimate of drug-likeness (QED) is 0.818. The van der Waals surface area contributed by atoms with Gasteiger partial charge in [0, 0.05) is 25.9 Å². The molecule has 1 heterocycles. The summed E-state index contributed by atoms with van der Waals surface area (Å²) in [4.78, 5) is 2.12. The summed E-state index contributed by atoms with van der Waals surface area (Å²) < 4.78 is 28.2. The maximum absolute atomic E-state index is 11.1. The second kappa shape index (κ2) is 6.36. The molecule has 4 nitrogen and oxygen atoms in total. The molecule has 1 fully saturated rings. The molecular weight excluding hydrogens is 298 g/mol. The van der Waals surface area contributed by atoms with Gasteiger partial charge in [0.25, 0.3) is 0 Å². The number of hydrogen-bond acceptors (Lipinski definition) is 4. The van der Waals surface area contributed by atoms with Gasteiger partial charge < -0.3 is 4.74 Å². The van der Waals surface area contributed by atoms with Crippen LogP contribution in [0, 0.1) is 0 Å². The third-order valence-corrected chi connectivity index (χ3v) is 4.98. The summed E-state index contributed by atoms with van der Waals surface area (Å²) in [6.45, 7) is 2.85. The van der Waals surface area contributed by atoms with Crippen LogP contribution in [-0.4, -0.2) is 51.1 Å². The lowest BCUT2D eigenvalue weighted by molar-refractivity contribution is -0.0596. The van der Waals surface area contributed by atoms with E-state index in [4.69, 9.17) is 4.74 Å². The Bertz CT molecular complexity index is 746. The van der Waals surface area contributed by atoms with Crippen molar-refractivity contribution in [2.24, 2.45) is 0 Å². The van der Waals surface area contributed by atoms with Crippen LogP contribution in [0.2, 0.25) is 0 Å². The Morgan fingerprint density at radius 3 is 2.64 bits per heavy atom. The number of rotatable bonds is 6. The molecule has 2 aromatic carbocycles. The van der Waals surface area contributed by atoms with Crippen molar-refractivity contribution in [3.8, 4) is 0 Å². The highest BCUT2D eigenvalue weighted by atomic mass is 32.2. The van der Waals surface area contributed by atoms with Crippen molar-refractivity contribution in [2.75, 3.05) is 31.6 Å².